The molecule has 0 saturated heterocycles. The molecule has 1 heterocycles. The Labute approximate surface area is 113 Å². The molecule has 0 aliphatic rings. The van der Waals surface area contributed by atoms with Crippen molar-refractivity contribution >= 4 is 10.0 Å². The normalized spacial score (nSPS) is 13.6. The molecular formula is C11H20N2O5S. The summed E-state index contributed by atoms with van der Waals surface area (Å²) in [6.07, 6.45) is 0. The van der Waals surface area contributed by atoms with Crippen molar-refractivity contribution in [2.45, 2.75) is 24.6 Å². The topological polar surface area (TPSA) is 101 Å². The number of ether oxygens (including phenoxy) is 1. The number of aliphatic hydroxyl groups is 1. The largest absolute Gasteiger partial charge is 0.447 e. The molecule has 0 aromatic carbocycles. The summed E-state index contributed by atoms with van der Waals surface area (Å²) in [5, 5.41) is 11.7. The molecule has 8 heteroatoms. The lowest BCUT2D eigenvalue weighted by Gasteiger charge is -2.09. The van der Waals surface area contributed by atoms with Gasteiger partial charge in [-0.1, -0.05) is 0 Å². The molecule has 110 valence electrons. The number of sulfonamides is 1. The second-order valence-electron chi connectivity index (χ2n) is 4.10. The van der Waals surface area contributed by atoms with Crippen LogP contribution in [0.5, 0.6) is 0 Å². The Morgan fingerprint density at radius 2 is 2.21 bits per heavy atom. The maximum absolute atomic E-state index is 11.8. The molecule has 0 aliphatic heterocycles. The van der Waals surface area contributed by atoms with Crippen LogP contribution in [0.2, 0.25) is 0 Å². The van der Waals surface area contributed by atoms with Crippen LogP contribution in [0.4, 0.5) is 0 Å². The predicted molar refractivity (Wildman–Crippen MR) is 69.2 cm³/mol. The van der Waals surface area contributed by atoms with Crippen LogP contribution in [0.25, 0.3) is 0 Å². The summed E-state index contributed by atoms with van der Waals surface area (Å²) in [5.41, 5.74) is 0. The maximum Gasteiger partial charge on any atom is 0.274 e. The third kappa shape index (κ3) is 5.29. The first-order chi connectivity index (χ1) is 8.99. The van der Waals surface area contributed by atoms with Gasteiger partial charge in [0.2, 0.25) is 5.09 Å². The van der Waals surface area contributed by atoms with Gasteiger partial charge in [-0.05, 0) is 19.1 Å². The minimum Gasteiger partial charge on any atom is -0.447 e. The zero-order valence-corrected chi connectivity index (χ0v) is 11.9. The molecular weight excluding hydrogens is 272 g/mol. The molecule has 0 spiro atoms. The van der Waals surface area contributed by atoms with Crippen LogP contribution >= 0.6 is 0 Å². The van der Waals surface area contributed by atoms with E-state index in [1.807, 2.05) is 0 Å². The Balaban J connectivity index is 2.58. The molecule has 1 aromatic heterocycles. The SMILES string of the molecule is COCCNCc1ccc(S(=O)(=O)NC(C)CO)o1. The van der Waals surface area contributed by atoms with Crippen LogP contribution in [0.3, 0.4) is 0 Å². The Morgan fingerprint density at radius 3 is 2.84 bits per heavy atom. The first-order valence-electron chi connectivity index (χ1n) is 5.91. The molecule has 19 heavy (non-hydrogen) atoms. The van der Waals surface area contributed by atoms with Crippen LogP contribution < -0.4 is 10.0 Å². The number of aliphatic hydroxyl groups excluding tert-OH is 1. The molecule has 0 aliphatic carbocycles. The standard InChI is InChI=1S/C11H20N2O5S/c1-9(8-14)13-19(15,16)11-4-3-10(18-11)7-12-5-6-17-2/h3-4,9,12-14H,5-8H2,1-2H3. The summed E-state index contributed by atoms with van der Waals surface area (Å²) in [6.45, 7) is 2.94. The molecule has 0 fully saturated rings. The summed E-state index contributed by atoms with van der Waals surface area (Å²) in [7, 11) is -2.11. The number of hydrogen-bond donors (Lipinski definition) is 3. The highest BCUT2D eigenvalue weighted by atomic mass is 32.2. The lowest BCUT2D eigenvalue weighted by Crippen LogP contribution is -2.34. The van der Waals surface area contributed by atoms with Gasteiger partial charge in [-0.3, -0.25) is 0 Å². The van der Waals surface area contributed by atoms with Crippen molar-refractivity contribution in [3.8, 4) is 0 Å². The molecule has 3 N–H and O–H groups in total. The molecule has 0 bridgehead atoms. The van der Waals surface area contributed by atoms with E-state index in [1.165, 1.54) is 6.07 Å². The van der Waals surface area contributed by atoms with Gasteiger partial charge in [0, 0.05) is 19.7 Å². The summed E-state index contributed by atoms with van der Waals surface area (Å²) in [4.78, 5) is 0. The minimum absolute atomic E-state index is 0.156. The average Bonchev–Trinajstić information content (AvgIpc) is 2.83. The Hall–Kier alpha value is -0.930. The van der Waals surface area contributed by atoms with Crippen LogP contribution in [-0.4, -0.2) is 46.4 Å². The van der Waals surface area contributed by atoms with Crippen LogP contribution in [0.15, 0.2) is 21.6 Å². The lowest BCUT2D eigenvalue weighted by atomic mass is 10.4. The number of methoxy groups -OCH3 is 1. The monoisotopic (exact) mass is 292 g/mol. The van der Waals surface area contributed by atoms with Crippen molar-refractivity contribution in [1.29, 1.82) is 0 Å². The van der Waals surface area contributed by atoms with Gasteiger partial charge in [0.25, 0.3) is 10.0 Å². The molecule has 1 unspecified atom stereocenters. The van der Waals surface area contributed by atoms with E-state index in [4.69, 9.17) is 14.3 Å². The first kappa shape index (κ1) is 16.1. The number of hydrogen-bond acceptors (Lipinski definition) is 6. The Morgan fingerprint density at radius 1 is 1.47 bits per heavy atom. The number of furan rings is 1. The lowest BCUT2D eigenvalue weighted by molar-refractivity contribution is 0.198. The van der Waals surface area contributed by atoms with Crippen molar-refractivity contribution < 1.29 is 22.7 Å². The summed E-state index contributed by atoms with van der Waals surface area (Å²) < 4.78 is 36.1. The van der Waals surface area contributed by atoms with Gasteiger partial charge in [-0.15, -0.1) is 0 Å². The molecule has 0 amide bonds. The van der Waals surface area contributed by atoms with Gasteiger partial charge in [0.05, 0.1) is 19.8 Å². The van der Waals surface area contributed by atoms with Crippen LogP contribution in [0, 0.1) is 0 Å². The number of nitrogens with one attached hydrogen (secondary N) is 2. The second-order valence-corrected chi connectivity index (χ2v) is 5.74. The van der Waals surface area contributed by atoms with Crippen LogP contribution in [0.1, 0.15) is 12.7 Å². The van der Waals surface area contributed by atoms with Crippen molar-refractivity contribution in [1.82, 2.24) is 10.0 Å². The summed E-state index contributed by atoms with van der Waals surface area (Å²) in [5.74, 6) is 0.521. The van der Waals surface area contributed by atoms with Gasteiger partial charge in [0.15, 0.2) is 0 Å². The third-order valence-electron chi connectivity index (χ3n) is 2.31. The van der Waals surface area contributed by atoms with E-state index in [2.05, 4.69) is 10.0 Å². The fourth-order valence-corrected chi connectivity index (χ4v) is 2.53. The predicted octanol–water partition coefficient (Wildman–Crippen LogP) is -0.325. The zero-order chi connectivity index (χ0) is 14.3. The van der Waals surface area contributed by atoms with E-state index in [9.17, 15) is 8.42 Å². The quantitative estimate of drug-likeness (QED) is 0.539. The average molecular weight is 292 g/mol. The Kier molecular flexibility index (Phi) is 6.46. The van der Waals surface area contributed by atoms with E-state index in [0.29, 0.717) is 25.5 Å². The molecule has 1 rings (SSSR count). The summed E-state index contributed by atoms with van der Waals surface area (Å²) in [6, 6.07) is 2.43. The molecule has 0 radical (unpaired) electrons. The van der Waals surface area contributed by atoms with Gasteiger partial charge >= 0.3 is 0 Å². The van der Waals surface area contributed by atoms with E-state index >= 15 is 0 Å². The molecule has 1 aromatic rings. The van der Waals surface area contributed by atoms with E-state index in [0.717, 1.165) is 0 Å². The highest BCUT2D eigenvalue weighted by Gasteiger charge is 2.20. The second kappa shape index (κ2) is 7.61. The third-order valence-corrected chi connectivity index (χ3v) is 3.78. The summed E-state index contributed by atoms with van der Waals surface area (Å²) >= 11 is 0. The minimum atomic E-state index is -3.72. The smallest absolute Gasteiger partial charge is 0.274 e. The van der Waals surface area contributed by atoms with Gasteiger partial charge < -0.3 is 19.6 Å². The fraction of sp³-hybridized carbons (Fsp3) is 0.636. The Bertz CT molecular complexity index is 471. The van der Waals surface area contributed by atoms with Gasteiger partial charge in [-0.25, -0.2) is 13.1 Å². The van der Waals surface area contributed by atoms with Crippen molar-refractivity contribution in [2.24, 2.45) is 0 Å². The van der Waals surface area contributed by atoms with Crippen LogP contribution in [-0.2, 0) is 21.3 Å². The van der Waals surface area contributed by atoms with Crippen molar-refractivity contribution in [3.05, 3.63) is 17.9 Å². The highest BCUT2D eigenvalue weighted by Crippen LogP contribution is 2.14. The van der Waals surface area contributed by atoms with Crippen molar-refractivity contribution in [3.63, 3.8) is 0 Å². The van der Waals surface area contributed by atoms with Gasteiger partial charge in [0.1, 0.15) is 5.76 Å². The molecule has 1 atom stereocenters. The van der Waals surface area contributed by atoms with Crippen molar-refractivity contribution in [2.75, 3.05) is 26.9 Å². The van der Waals surface area contributed by atoms with E-state index in [1.54, 1.807) is 20.1 Å². The first-order valence-corrected chi connectivity index (χ1v) is 7.39. The highest BCUT2D eigenvalue weighted by molar-refractivity contribution is 7.89. The van der Waals surface area contributed by atoms with E-state index < -0.39 is 16.1 Å². The fourth-order valence-electron chi connectivity index (χ4n) is 1.34. The zero-order valence-electron chi connectivity index (χ0n) is 11.0. The molecule has 0 saturated carbocycles. The van der Waals surface area contributed by atoms with Gasteiger partial charge in [-0.2, -0.15) is 0 Å². The maximum atomic E-state index is 11.8. The van der Waals surface area contributed by atoms with E-state index in [-0.39, 0.29) is 11.7 Å². The number of rotatable bonds is 9. The molecule has 7 nitrogen and oxygen atoms in total.